The summed E-state index contributed by atoms with van der Waals surface area (Å²) >= 11 is 0. The number of benzene rings is 2. The van der Waals surface area contributed by atoms with Gasteiger partial charge < -0.3 is 10.1 Å². The third kappa shape index (κ3) is 5.00. The number of aromatic amines is 1. The number of amides is 1. The Kier molecular flexibility index (Phi) is 7.48. The number of aryl methyl sites for hydroxylation is 1. The molecule has 1 aromatic heterocycles. The molecule has 3 rings (SSSR count). The number of nitrogens with zero attached hydrogens (tertiary/aromatic N) is 2. The number of esters is 1. The highest BCUT2D eigenvalue weighted by Gasteiger charge is 2.26. The molecule has 0 fully saturated rings. The molecule has 0 aliphatic heterocycles. The number of hydrogen-bond acceptors (Lipinski definition) is 7. The number of carbonyl (C=O) groups excluding carboxylic acids is 2. The van der Waals surface area contributed by atoms with E-state index in [1.165, 1.54) is 17.3 Å². The van der Waals surface area contributed by atoms with Crippen molar-refractivity contribution < 1.29 is 22.7 Å². The van der Waals surface area contributed by atoms with Crippen molar-refractivity contribution in [1.29, 1.82) is 0 Å². The molecule has 2 N–H and O–H groups in total. The highest BCUT2D eigenvalue weighted by molar-refractivity contribution is 7.89. The Morgan fingerprint density at radius 3 is 2.41 bits per heavy atom. The number of ether oxygens (including phenoxy) is 1. The summed E-state index contributed by atoms with van der Waals surface area (Å²) < 4.78 is 32.4. The average Bonchev–Trinajstić information content (AvgIpc) is 2.81. The zero-order valence-corrected chi connectivity index (χ0v) is 20.1. The van der Waals surface area contributed by atoms with Gasteiger partial charge in [0, 0.05) is 24.2 Å². The number of H-pyrrole nitrogens is 1. The van der Waals surface area contributed by atoms with E-state index in [0.29, 0.717) is 24.0 Å². The fourth-order valence-corrected chi connectivity index (χ4v) is 5.15. The molecule has 0 saturated carbocycles. The van der Waals surface area contributed by atoms with Crippen molar-refractivity contribution in [1.82, 2.24) is 14.5 Å². The number of anilines is 1. The van der Waals surface area contributed by atoms with Gasteiger partial charge in [-0.25, -0.2) is 18.3 Å². The van der Waals surface area contributed by atoms with Gasteiger partial charge in [-0.1, -0.05) is 38.1 Å². The number of nitrogens with one attached hydrogen (secondary N) is 2. The van der Waals surface area contributed by atoms with E-state index >= 15 is 0 Å². The molecule has 10 nitrogen and oxygen atoms in total. The number of hydrogen-bond donors (Lipinski definition) is 2. The van der Waals surface area contributed by atoms with E-state index < -0.39 is 33.6 Å². The third-order valence-electron chi connectivity index (χ3n) is 5.32. The predicted molar refractivity (Wildman–Crippen MR) is 127 cm³/mol. The first-order valence-corrected chi connectivity index (χ1v) is 12.1. The minimum absolute atomic E-state index is 0.0857. The van der Waals surface area contributed by atoms with Crippen LogP contribution in [0.15, 0.2) is 52.2 Å². The molecule has 34 heavy (non-hydrogen) atoms. The maximum atomic E-state index is 12.9. The Morgan fingerprint density at radius 1 is 1.12 bits per heavy atom. The maximum Gasteiger partial charge on any atom is 0.360 e. The molecule has 180 valence electrons. The van der Waals surface area contributed by atoms with E-state index in [2.05, 4.69) is 15.5 Å². The van der Waals surface area contributed by atoms with Crippen molar-refractivity contribution in [2.24, 2.45) is 0 Å². The van der Waals surface area contributed by atoms with Gasteiger partial charge in [0.25, 0.3) is 11.5 Å². The molecule has 0 unspecified atom stereocenters. The van der Waals surface area contributed by atoms with E-state index in [0.717, 1.165) is 0 Å². The van der Waals surface area contributed by atoms with Crippen LogP contribution in [0.2, 0.25) is 0 Å². The second-order valence-electron chi connectivity index (χ2n) is 7.55. The zero-order chi connectivity index (χ0) is 25.0. The highest BCUT2D eigenvalue weighted by atomic mass is 32.2. The molecule has 2 aromatic carbocycles. The van der Waals surface area contributed by atoms with Crippen LogP contribution in [0.5, 0.6) is 0 Å². The smallest absolute Gasteiger partial charge is 0.360 e. The van der Waals surface area contributed by atoms with Gasteiger partial charge in [-0.2, -0.15) is 9.40 Å². The molecule has 1 atom stereocenters. The molecular weight excluding hydrogens is 460 g/mol. The second kappa shape index (κ2) is 10.1. The van der Waals surface area contributed by atoms with Gasteiger partial charge in [-0.3, -0.25) is 9.59 Å². The lowest BCUT2D eigenvalue weighted by atomic mass is 10.1. The van der Waals surface area contributed by atoms with Crippen molar-refractivity contribution in [2.45, 2.75) is 38.7 Å². The van der Waals surface area contributed by atoms with E-state index in [4.69, 9.17) is 4.74 Å². The topological polar surface area (TPSA) is 139 Å². The van der Waals surface area contributed by atoms with Gasteiger partial charge in [0.15, 0.2) is 11.8 Å². The minimum atomic E-state index is -3.73. The quantitative estimate of drug-likeness (QED) is 0.466. The predicted octanol–water partition coefficient (Wildman–Crippen LogP) is 2.45. The molecule has 0 spiro atoms. The summed E-state index contributed by atoms with van der Waals surface area (Å²) in [7, 11) is -3.73. The Labute approximate surface area is 197 Å². The largest absolute Gasteiger partial charge is 0.448 e. The van der Waals surface area contributed by atoms with Crippen LogP contribution in [-0.2, 0) is 19.6 Å². The molecule has 1 amide bonds. The molecule has 0 bridgehead atoms. The van der Waals surface area contributed by atoms with Gasteiger partial charge in [-0.05, 0) is 37.6 Å². The molecule has 0 aliphatic rings. The lowest BCUT2D eigenvalue weighted by Crippen LogP contribution is -2.32. The standard InChI is InChI=1S/C23H26N4O6S/c1-5-27(6-2)34(31,32)19-13-16(12-11-14(19)3)24-21(28)15(4)33-23(30)20-17-9-7-8-10-18(17)22(29)26-25-20/h7-13,15H,5-6H2,1-4H3,(H,24,28)(H,26,29)/t15-/m0/s1. The monoisotopic (exact) mass is 486 g/mol. The summed E-state index contributed by atoms with van der Waals surface area (Å²) in [6.07, 6.45) is -1.22. The van der Waals surface area contributed by atoms with Gasteiger partial charge in [-0.15, -0.1) is 0 Å². The summed E-state index contributed by atoms with van der Waals surface area (Å²) in [6.45, 7) is 7.18. The lowest BCUT2D eigenvalue weighted by molar-refractivity contribution is -0.123. The molecule has 0 radical (unpaired) electrons. The fourth-order valence-electron chi connectivity index (χ4n) is 3.44. The molecule has 0 saturated heterocycles. The summed E-state index contributed by atoms with van der Waals surface area (Å²) in [5.74, 6) is -1.54. The van der Waals surface area contributed by atoms with Crippen LogP contribution in [0.1, 0.15) is 36.8 Å². The summed E-state index contributed by atoms with van der Waals surface area (Å²) in [5.41, 5.74) is 0.211. The number of carbonyl (C=O) groups is 2. The number of fused-ring (bicyclic) bond motifs is 1. The summed E-state index contributed by atoms with van der Waals surface area (Å²) in [4.78, 5) is 37.3. The molecule has 11 heteroatoms. The van der Waals surface area contributed by atoms with Crippen molar-refractivity contribution in [3.05, 3.63) is 64.1 Å². The van der Waals surface area contributed by atoms with Crippen LogP contribution in [0.25, 0.3) is 10.8 Å². The van der Waals surface area contributed by atoms with Crippen LogP contribution < -0.4 is 10.9 Å². The normalized spacial score (nSPS) is 12.5. The Hall–Kier alpha value is -3.57. The van der Waals surface area contributed by atoms with Crippen LogP contribution in [0, 0.1) is 6.92 Å². The molecule has 0 aliphatic carbocycles. The molecular formula is C23H26N4O6S. The van der Waals surface area contributed by atoms with Crippen molar-refractivity contribution in [3.63, 3.8) is 0 Å². The first-order chi connectivity index (χ1) is 16.1. The minimum Gasteiger partial charge on any atom is -0.448 e. The van der Waals surface area contributed by atoms with Crippen molar-refractivity contribution in [2.75, 3.05) is 18.4 Å². The Morgan fingerprint density at radius 2 is 1.76 bits per heavy atom. The van der Waals surface area contributed by atoms with Gasteiger partial charge >= 0.3 is 5.97 Å². The van der Waals surface area contributed by atoms with Crippen LogP contribution in [0.4, 0.5) is 5.69 Å². The van der Waals surface area contributed by atoms with Gasteiger partial charge in [0.2, 0.25) is 10.0 Å². The van der Waals surface area contributed by atoms with Crippen molar-refractivity contribution >= 4 is 38.4 Å². The van der Waals surface area contributed by atoms with Gasteiger partial charge in [0.1, 0.15) is 0 Å². The summed E-state index contributed by atoms with van der Waals surface area (Å²) in [6, 6.07) is 11.0. The maximum absolute atomic E-state index is 12.9. The first kappa shape index (κ1) is 25.1. The van der Waals surface area contributed by atoms with E-state index in [1.54, 1.807) is 57.2 Å². The SMILES string of the molecule is CCN(CC)S(=O)(=O)c1cc(NC(=O)[C@H](C)OC(=O)c2n[nH]c(=O)c3ccccc23)ccc1C. The van der Waals surface area contributed by atoms with Crippen LogP contribution in [-0.4, -0.2) is 54.0 Å². The number of sulfonamides is 1. The fraction of sp³-hybridized carbons (Fsp3) is 0.304. The van der Waals surface area contributed by atoms with E-state index in [9.17, 15) is 22.8 Å². The van der Waals surface area contributed by atoms with E-state index in [1.807, 2.05) is 0 Å². The third-order valence-corrected chi connectivity index (χ3v) is 7.51. The highest BCUT2D eigenvalue weighted by Crippen LogP contribution is 2.24. The zero-order valence-electron chi connectivity index (χ0n) is 19.3. The Bertz CT molecular complexity index is 1400. The second-order valence-corrected chi connectivity index (χ2v) is 9.46. The van der Waals surface area contributed by atoms with Crippen LogP contribution >= 0.6 is 0 Å². The van der Waals surface area contributed by atoms with E-state index in [-0.39, 0.29) is 21.7 Å². The lowest BCUT2D eigenvalue weighted by Gasteiger charge is -2.20. The van der Waals surface area contributed by atoms with Gasteiger partial charge in [0.05, 0.1) is 10.3 Å². The Balaban J connectivity index is 1.79. The van der Waals surface area contributed by atoms with Crippen molar-refractivity contribution in [3.8, 4) is 0 Å². The van der Waals surface area contributed by atoms with Crippen LogP contribution in [0.3, 0.4) is 0 Å². The first-order valence-electron chi connectivity index (χ1n) is 10.7. The molecule has 1 heterocycles. The average molecular weight is 487 g/mol. The molecule has 3 aromatic rings. The number of rotatable bonds is 8. The number of aromatic nitrogens is 2. The summed E-state index contributed by atoms with van der Waals surface area (Å²) in [5, 5.41) is 9.16.